The molecule has 166 valence electrons. The van der Waals surface area contributed by atoms with Gasteiger partial charge in [-0.05, 0) is 67.2 Å². The monoisotopic (exact) mass is 494 g/mol. The van der Waals surface area contributed by atoms with Gasteiger partial charge in [-0.3, -0.25) is 19.8 Å². The molecule has 1 aliphatic heterocycles. The largest absolute Gasteiger partial charge is 0.494 e. The Hall–Kier alpha value is -3.14. The molecule has 3 rings (SSSR count). The number of nitrogens with zero attached hydrogens (tertiary/aromatic N) is 1. The maximum atomic E-state index is 13.1. The number of thiocarbonyl (C=S) groups is 1. The van der Waals surface area contributed by atoms with E-state index >= 15 is 0 Å². The van der Waals surface area contributed by atoms with Crippen molar-refractivity contribution in [2.24, 2.45) is 0 Å². The molecule has 0 radical (unpaired) electrons. The van der Waals surface area contributed by atoms with Gasteiger partial charge < -0.3 is 14.6 Å². The second kappa shape index (κ2) is 9.99. The molecular weight excluding hydrogens is 479 g/mol. The van der Waals surface area contributed by atoms with Crippen LogP contribution in [0.3, 0.4) is 0 Å². The number of halogens is 2. The first kappa shape index (κ1) is 23.5. The summed E-state index contributed by atoms with van der Waals surface area (Å²) in [5, 5.41) is 11.2. The van der Waals surface area contributed by atoms with E-state index in [2.05, 4.69) is 5.32 Å². The molecule has 1 aliphatic rings. The Morgan fingerprint density at radius 3 is 2.34 bits per heavy atom. The lowest BCUT2D eigenvalue weighted by molar-refractivity contribution is -0.139. The van der Waals surface area contributed by atoms with Crippen LogP contribution in [0.4, 0.5) is 5.69 Å². The minimum absolute atomic E-state index is 0.0190. The van der Waals surface area contributed by atoms with E-state index in [9.17, 15) is 14.4 Å². The zero-order valence-electron chi connectivity index (χ0n) is 16.6. The number of rotatable bonds is 7. The van der Waals surface area contributed by atoms with Crippen molar-refractivity contribution in [1.82, 2.24) is 5.32 Å². The van der Waals surface area contributed by atoms with E-state index in [1.54, 1.807) is 24.3 Å². The topological polar surface area (TPSA) is 105 Å². The molecule has 1 heterocycles. The summed E-state index contributed by atoms with van der Waals surface area (Å²) >= 11 is 17.5. The fourth-order valence-electron chi connectivity index (χ4n) is 2.85. The van der Waals surface area contributed by atoms with Crippen LogP contribution in [0.1, 0.15) is 12.5 Å². The molecule has 2 N–H and O–H groups in total. The van der Waals surface area contributed by atoms with Crippen molar-refractivity contribution in [2.75, 3.05) is 18.1 Å². The Morgan fingerprint density at radius 2 is 1.78 bits per heavy atom. The van der Waals surface area contributed by atoms with E-state index in [-0.39, 0.29) is 26.5 Å². The molecule has 0 spiro atoms. The molecule has 0 aromatic heterocycles. The third-order valence-electron chi connectivity index (χ3n) is 4.18. The third-order valence-corrected chi connectivity index (χ3v) is 5.03. The lowest BCUT2D eigenvalue weighted by atomic mass is 10.1. The predicted octanol–water partition coefficient (Wildman–Crippen LogP) is 3.69. The van der Waals surface area contributed by atoms with E-state index in [4.69, 9.17) is 50.0 Å². The summed E-state index contributed by atoms with van der Waals surface area (Å²) in [7, 11) is 0. The molecule has 0 atom stereocenters. The van der Waals surface area contributed by atoms with Gasteiger partial charge in [0.25, 0.3) is 11.8 Å². The Labute approximate surface area is 198 Å². The van der Waals surface area contributed by atoms with Crippen LogP contribution >= 0.6 is 35.4 Å². The van der Waals surface area contributed by atoms with Crippen LogP contribution in [0.2, 0.25) is 10.0 Å². The third kappa shape index (κ3) is 5.18. The molecule has 0 unspecified atom stereocenters. The molecular formula is C21H16Cl2N2O6S. The summed E-state index contributed by atoms with van der Waals surface area (Å²) < 4.78 is 10.5. The van der Waals surface area contributed by atoms with Gasteiger partial charge in [-0.15, -0.1) is 0 Å². The van der Waals surface area contributed by atoms with Gasteiger partial charge in [-0.25, -0.2) is 4.79 Å². The number of amides is 2. The molecule has 2 amide bonds. The quantitative estimate of drug-likeness (QED) is 0.343. The van der Waals surface area contributed by atoms with Gasteiger partial charge in [0.2, 0.25) is 0 Å². The summed E-state index contributed by atoms with van der Waals surface area (Å²) in [6.07, 6.45) is 1.31. The molecule has 8 nitrogen and oxygen atoms in total. The smallest absolute Gasteiger partial charge is 0.341 e. The number of ether oxygens (including phenoxy) is 2. The van der Waals surface area contributed by atoms with Crippen molar-refractivity contribution in [3.8, 4) is 11.5 Å². The standard InChI is InChI=1S/C21H16Cl2N2O6S/c1-2-30-13-5-3-12(4-6-13)25-20(29)14(19(28)24-21(25)32)7-11-8-15(22)18(16(23)9-11)31-10-17(26)27/h3-9H,2,10H2,1H3,(H,26,27)(H,24,28,32)/b14-7-. The summed E-state index contributed by atoms with van der Waals surface area (Å²) in [6.45, 7) is 1.72. The van der Waals surface area contributed by atoms with Gasteiger partial charge in [0.1, 0.15) is 11.3 Å². The van der Waals surface area contributed by atoms with Crippen LogP contribution in [0.25, 0.3) is 6.08 Å². The zero-order chi connectivity index (χ0) is 23.4. The average Bonchev–Trinajstić information content (AvgIpc) is 2.71. The van der Waals surface area contributed by atoms with E-state index in [1.807, 2.05) is 6.92 Å². The SMILES string of the molecule is CCOc1ccc(N2C(=O)/C(=C\c3cc(Cl)c(OCC(=O)O)c(Cl)c3)C(=O)NC2=S)cc1. The van der Waals surface area contributed by atoms with Crippen LogP contribution in [0.15, 0.2) is 42.0 Å². The number of anilines is 1. The first-order valence-corrected chi connectivity index (χ1v) is 10.4. The number of carbonyl (C=O) groups excluding carboxylic acids is 2. The van der Waals surface area contributed by atoms with Crippen molar-refractivity contribution < 1.29 is 29.0 Å². The minimum atomic E-state index is -1.20. The highest BCUT2D eigenvalue weighted by Gasteiger charge is 2.34. The van der Waals surface area contributed by atoms with E-state index in [0.29, 0.717) is 23.6 Å². The fraction of sp³-hybridized carbons (Fsp3) is 0.143. The van der Waals surface area contributed by atoms with Crippen LogP contribution in [-0.2, 0) is 14.4 Å². The van der Waals surface area contributed by atoms with Crippen LogP contribution < -0.4 is 19.7 Å². The van der Waals surface area contributed by atoms with Gasteiger partial charge >= 0.3 is 5.97 Å². The van der Waals surface area contributed by atoms with Gasteiger partial charge in [0, 0.05) is 0 Å². The summed E-state index contributed by atoms with van der Waals surface area (Å²) in [5.41, 5.74) is 0.585. The van der Waals surface area contributed by atoms with Crippen molar-refractivity contribution in [1.29, 1.82) is 0 Å². The van der Waals surface area contributed by atoms with Crippen molar-refractivity contribution in [2.45, 2.75) is 6.92 Å². The molecule has 11 heteroatoms. The van der Waals surface area contributed by atoms with Crippen molar-refractivity contribution >= 4 is 70.1 Å². The van der Waals surface area contributed by atoms with Crippen LogP contribution in [-0.4, -0.2) is 41.2 Å². The summed E-state index contributed by atoms with van der Waals surface area (Å²) in [6, 6.07) is 9.45. The van der Waals surface area contributed by atoms with Crippen LogP contribution in [0.5, 0.6) is 11.5 Å². The number of hydrogen-bond donors (Lipinski definition) is 2. The molecule has 1 saturated heterocycles. The van der Waals surface area contributed by atoms with Gasteiger partial charge in [0.05, 0.1) is 22.3 Å². The van der Waals surface area contributed by atoms with Crippen molar-refractivity contribution in [3.05, 3.63) is 57.6 Å². The molecule has 1 fully saturated rings. The van der Waals surface area contributed by atoms with E-state index < -0.39 is 24.4 Å². The second-order valence-electron chi connectivity index (χ2n) is 6.38. The second-order valence-corrected chi connectivity index (χ2v) is 7.58. The molecule has 0 saturated carbocycles. The first-order chi connectivity index (χ1) is 15.2. The van der Waals surface area contributed by atoms with Gasteiger partial charge in [-0.1, -0.05) is 23.2 Å². The maximum absolute atomic E-state index is 13.1. The predicted molar refractivity (Wildman–Crippen MR) is 123 cm³/mol. The van der Waals surface area contributed by atoms with Gasteiger partial charge in [-0.2, -0.15) is 0 Å². The maximum Gasteiger partial charge on any atom is 0.341 e. The number of benzene rings is 2. The highest BCUT2D eigenvalue weighted by molar-refractivity contribution is 7.80. The number of carboxylic acids is 1. The van der Waals surface area contributed by atoms with Gasteiger partial charge in [0.15, 0.2) is 17.5 Å². The molecule has 2 aromatic carbocycles. The lowest BCUT2D eigenvalue weighted by Gasteiger charge is -2.29. The molecule has 0 bridgehead atoms. The number of nitrogens with one attached hydrogen (secondary N) is 1. The number of hydrogen-bond acceptors (Lipinski definition) is 6. The Balaban J connectivity index is 1.93. The Bertz CT molecular complexity index is 1110. The Morgan fingerprint density at radius 1 is 1.16 bits per heavy atom. The highest BCUT2D eigenvalue weighted by atomic mass is 35.5. The minimum Gasteiger partial charge on any atom is -0.494 e. The molecule has 2 aromatic rings. The Kier molecular flexibility index (Phi) is 7.34. The highest BCUT2D eigenvalue weighted by Crippen LogP contribution is 2.35. The molecule has 32 heavy (non-hydrogen) atoms. The normalized spacial score (nSPS) is 15.0. The summed E-state index contributed by atoms with van der Waals surface area (Å²) in [5.74, 6) is -1.91. The first-order valence-electron chi connectivity index (χ1n) is 9.19. The summed E-state index contributed by atoms with van der Waals surface area (Å²) in [4.78, 5) is 37.4. The number of aliphatic carboxylic acids is 1. The average molecular weight is 495 g/mol. The van der Waals surface area contributed by atoms with E-state index in [1.165, 1.54) is 23.1 Å². The van der Waals surface area contributed by atoms with Crippen LogP contribution in [0, 0.1) is 0 Å². The van der Waals surface area contributed by atoms with Crippen molar-refractivity contribution in [3.63, 3.8) is 0 Å². The lowest BCUT2D eigenvalue weighted by Crippen LogP contribution is -2.54. The van der Waals surface area contributed by atoms with E-state index in [0.717, 1.165) is 0 Å². The zero-order valence-corrected chi connectivity index (χ0v) is 18.9. The fourth-order valence-corrected chi connectivity index (χ4v) is 3.75. The molecule has 0 aliphatic carbocycles. The number of carboxylic acid groups (broad SMARTS) is 1. The number of carbonyl (C=O) groups is 3.